The maximum atomic E-state index is 13.3. The number of nitrogens with one attached hydrogen (secondary N) is 1. The van der Waals surface area contributed by atoms with Crippen LogP contribution in [0.2, 0.25) is 0 Å². The lowest BCUT2D eigenvalue weighted by molar-refractivity contribution is 0.280. The third-order valence-electron chi connectivity index (χ3n) is 5.21. The van der Waals surface area contributed by atoms with Crippen LogP contribution in [-0.2, 0) is 0 Å². The first-order chi connectivity index (χ1) is 9.67. The molecule has 2 fully saturated rings. The van der Waals surface area contributed by atoms with Crippen molar-refractivity contribution < 1.29 is 4.39 Å². The van der Waals surface area contributed by atoms with Gasteiger partial charge in [-0.1, -0.05) is 35.3 Å². The molecule has 0 spiro atoms. The number of hydrogen-bond acceptors (Lipinski definition) is 1. The van der Waals surface area contributed by atoms with Crippen LogP contribution in [0.15, 0.2) is 22.7 Å². The summed E-state index contributed by atoms with van der Waals surface area (Å²) in [6.45, 7) is 3.10. The van der Waals surface area contributed by atoms with Crippen LogP contribution in [0.25, 0.3) is 0 Å². The van der Waals surface area contributed by atoms with Gasteiger partial charge in [-0.15, -0.1) is 0 Å². The highest BCUT2D eigenvalue weighted by Crippen LogP contribution is 2.51. The van der Waals surface area contributed by atoms with Crippen molar-refractivity contribution >= 4 is 15.9 Å². The molecule has 0 amide bonds. The Kier molecular flexibility index (Phi) is 4.46. The van der Waals surface area contributed by atoms with Crippen LogP contribution in [0, 0.1) is 23.6 Å². The smallest absolute Gasteiger partial charge is 0.124 e. The summed E-state index contributed by atoms with van der Waals surface area (Å²) in [6.07, 6.45) is 6.94. The third-order valence-corrected chi connectivity index (χ3v) is 5.90. The number of fused-ring (bicyclic) bond motifs is 2. The van der Waals surface area contributed by atoms with E-state index in [1.807, 2.05) is 6.07 Å². The number of benzene rings is 1. The van der Waals surface area contributed by atoms with E-state index < -0.39 is 0 Å². The maximum Gasteiger partial charge on any atom is 0.124 e. The van der Waals surface area contributed by atoms with Gasteiger partial charge < -0.3 is 5.32 Å². The fraction of sp³-hybridized carbons (Fsp3) is 0.647. The van der Waals surface area contributed by atoms with E-state index in [0.717, 1.165) is 28.8 Å². The lowest BCUT2D eigenvalue weighted by atomic mass is 9.82. The Morgan fingerprint density at radius 2 is 2.20 bits per heavy atom. The van der Waals surface area contributed by atoms with Crippen LogP contribution >= 0.6 is 15.9 Å². The van der Waals surface area contributed by atoms with Crippen molar-refractivity contribution in [3.63, 3.8) is 0 Å². The van der Waals surface area contributed by atoms with Crippen molar-refractivity contribution in [2.75, 3.05) is 6.54 Å². The van der Waals surface area contributed by atoms with Gasteiger partial charge >= 0.3 is 0 Å². The van der Waals surface area contributed by atoms with Gasteiger partial charge in [0.2, 0.25) is 0 Å². The second-order valence-electron chi connectivity index (χ2n) is 6.45. The predicted octanol–water partition coefficient (Wildman–Crippen LogP) is 5.07. The molecule has 1 aromatic rings. The van der Waals surface area contributed by atoms with Crippen LogP contribution < -0.4 is 5.32 Å². The van der Waals surface area contributed by atoms with Gasteiger partial charge in [0.1, 0.15) is 5.82 Å². The number of rotatable bonds is 5. The summed E-state index contributed by atoms with van der Waals surface area (Å²) in [7, 11) is 0. The molecule has 0 aliphatic heterocycles. The molecule has 1 aromatic carbocycles. The Labute approximate surface area is 129 Å². The zero-order chi connectivity index (χ0) is 14.1. The minimum absolute atomic E-state index is 0.171. The number of hydrogen-bond donors (Lipinski definition) is 1. The lowest BCUT2D eigenvalue weighted by Crippen LogP contribution is -2.25. The van der Waals surface area contributed by atoms with E-state index in [-0.39, 0.29) is 5.82 Å². The SMILES string of the molecule is CCNC(CC1CC2CCC1C2)c1ccc(F)cc1Br. The summed E-state index contributed by atoms with van der Waals surface area (Å²) in [5, 5.41) is 3.59. The minimum atomic E-state index is -0.171. The second-order valence-corrected chi connectivity index (χ2v) is 7.30. The van der Waals surface area contributed by atoms with Crippen molar-refractivity contribution in [2.24, 2.45) is 17.8 Å². The largest absolute Gasteiger partial charge is 0.310 e. The first-order valence-electron chi connectivity index (χ1n) is 7.85. The zero-order valence-corrected chi connectivity index (χ0v) is 13.6. The summed E-state index contributed by atoms with van der Waals surface area (Å²) in [4.78, 5) is 0. The molecule has 2 bridgehead atoms. The molecule has 20 heavy (non-hydrogen) atoms. The first kappa shape index (κ1) is 14.5. The van der Waals surface area contributed by atoms with E-state index in [9.17, 15) is 4.39 Å². The minimum Gasteiger partial charge on any atom is -0.310 e. The normalized spacial score (nSPS) is 29.9. The fourth-order valence-electron chi connectivity index (χ4n) is 4.32. The lowest BCUT2D eigenvalue weighted by Gasteiger charge is -2.28. The molecular weight excluding hydrogens is 317 g/mol. The van der Waals surface area contributed by atoms with Gasteiger partial charge in [-0.05, 0) is 67.7 Å². The van der Waals surface area contributed by atoms with Crippen LogP contribution in [0.4, 0.5) is 4.39 Å². The second kappa shape index (κ2) is 6.15. The van der Waals surface area contributed by atoms with E-state index in [0.29, 0.717) is 6.04 Å². The predicted molar refractivity (Wildman–Crippen MR) is 84.1 cm³/mol. The van der Waals surface area contributed by atoms with E-state index in [1.54, 1.807) is 12.1 Å². The van der Waals surface area contributed by atoms with Gasteiger partial charge in [0, 0.05) is 10.5 Å². The maximum absolute atomic E-state index is 13.3. The summed E-state index contributed by atoms with van der Waals surface area (Å²) >= 11 is 3.53. The Hall–Kier alpha value is -0.410. The molecule has 4 atom stereocenters. The van der Waals surface area contributed by atoms with Crippen LogP contribution in [0.3, 0.4) is 0 Å². The molecule has 0 aromatic heterocycles. The molecule has 1 N–H and O–H groups in total. The highest BCUT2D eigenvalue weighted by atomic mass is 79.9. The Bertz CT molecular complexity index is 476. The average molecular weight is 340 g/mol. The van der Waals surface area contributed by atoms with Gasteiger partial charge in [-0.3, -0.25) is 0 Å². The monoisotopic (exact) mass is 339 g/mol. The zero-order valence-electron chi connectivity index (χ0n) is 12.0. The van der Waals surface area contributed by atoms with Crippen molar-refractivity contribution in [1.82, 2.24) is 5.32 Å². The van der Waals surface area contributed by atoms with Crippen LogP contribution in [-0.4, -0.2) is 6.54 Å². The molecule has 4 unspecified atom stereocenters. The topological polar surface area (TPSA) is 12.0 Å². The van der Waals surface area contributed by atoms with Gasteiger partial charge in [-0.25, -0.2) is 4.39 Å². The first-order valence-corrected chi connectivity index (χ1v) is 8.65. The van der Waals surface area contributed by atoms with Crippen molar-refractivity contribution in [1.29, 1.82) is 0 Å². The molecule has 3 rings (SSSR count). The summed E-state index contributed by atoms with van der Waals surface area (Å²) < 4.78 is 14.2. The van der Waals surface area contributed by atoms with Crippen molar-refractivity contribution in [3.8, 4) is 0 Å². The van der Waals surface area contributed by atoms with Crippen molar-refractivity contribution in [3.05, 3.63) is 34.1 Å². The van der Waals surface area contributed by atoms with Gasteiger partial charge in [0.25, 0.3) is 0 Å². The molecule has 0 radical (unpaired) electrons. The Morgan fingerprint density at radius 1 is 1.35 bits per heavy atom. The molecule has 1 nitrogen and oxygen atoms in total. The molecule has 2 aliphatic carbocycles. The highest BCUT2D eigenvalue weighted by molar-refractivity contribution is 9.10. The standard InChI is InChI=1S/C17H23BrFN/c1-2-20-17(15-6-5-14(19)10-16(15)18)9-13-8-11-3-4-12(13)7-11/h5-6,10-13,17,20H,2-4,7-9H2,1H3. The Morgan fingerprint density at radius 3 is 2.80 bits per heavy atom. The van der Waals surface area contributed by atoms with E-state index >= 15 is 0 Å². The fourth-order valence-corrected chi connectivity index (χ4v) is 4.95. The van der Waals surface area contributed by atoms with E-state index in [1.165, 1.54) is 37.7 Å². The van der Waals surface area contributed by atoms with Gasteiger partial charge in [-0.2, -0.15) is 0 Å². The molecule has 0 saturated heterocycles. The van der Waals surface area contributed by atoms with Crippen LogP contribution in [0.5, 0.6) is 0 Å². The highest BCUT2D eigenvalue weighted by Gasteiger charge is 2.40. The van der Waals surface area contributed by atoms with E-state index in [4.69, 9.17) is 0 Å². The van der Waals surface area contributed by atoms with E-state index in [2.05, 4.69) is 28.2 Å². The summed E-state index contributed by atoms with van der Waals surface area (Å²) in [5.41, 5.74) is 1.20. The van der Waals surface area contributed by atoms with Gasteiger partial charge in [0.05, 0.1) is 0 Å². The number of halogens is 2. The molecule has 2 saturated carbocycles. The molecule has 0 heterocycles. The summed E-state index contributed by atoms with van der Waals surface area (Å²) in [6, 6.07) is 5.44. The molecule has 3 heteroatoms. The van der Waals surface area contributed by atoms with Crippen molar-refractivity contribution in [2.45, 2.75) is 45.1 Å². The molecule has 2 aliphatic rings. The van der Waals surface area contributed by atoms with Gasteiger partial charge in [0.15, 0.2) is 0 Å². The third kappa shape index (κ3) is 2.94. The van der Waals surface area contributed by atoms with Crippen LogP contribution in [0.1, 0.15) is 50.6 Å². The summed E-state index contributed by atoms with van der Waals surface area (Å²) in [5.74, 6) is 2.62. The molecule has 110 valence electrons. The quantitative estimate of drug-likeness (QED) is 0.789. The molecular formula is C17H23BrFN. The Balaban J connectivity index is 1.75. The average Bonchev–Trinajstić information content (AvgIpc) is 3.00.